The summed E-state index contributed by atoms with van der Waals surface area (Å²) >= 11 is 0. The first-order valence-corrected chi connectivity index (χ1v) is 9.20. The van der Waals surface area contributed by atoms with Crippen LogP contribution in [0.15, 0.2) is 35.1 Å². The molecule has 4 rings (SSSR count). The van der Waals surface area contributed by atoms with Crippen LogP contribution in [0.25, 0.3) is 0 Å². The van der Waals surface area contributed by atoms with E-state index in [-0.39, 0.29) is 5.54 Å². The number of pyridine rings is 1. The maximum Gasteiger partial charge on any atom is 0.150 e. The second-order valence-corrected chi connectivity index (χ2v) is 7.29. The fourth-order valence-corrected chi connectivity index (χ4v) is 3.61. The summed E-state index contributed by atoms with van der Waals surface area (Å²) in [4.78, 5) is 6.62. The molecule has 0 aromatic carbocycles. The lowest BCUT2D eigenvalue weighted by Crippen LogP contribution is -2.61. The van der Waals surface area contributed by atoms with Crippen LogP contribution in [0.5, 0.6) is 0 Å². The van der Waals surface area contributed by atoms with Crippen molar-refractivity contribution in [2.45, 2.75) is 44.3 Å². The van der Waals surface area contributed by atoms with Gasteiger partial charge in [-0.05, 0) is 37.6 Å². The highest BCUT2D eigenvalue weighted by Gasteiger charge is 2.39. The minimum atomic E-state index is -0.0465. The number of hydrogen-bond donors (Lipinski definition) is 1. The third-order valence-corrected chi connectivity index (χ3v) is 5.10. The minimum Gasteiger partial charge on any atom is -0.377 e. The molecule has 2 saturated heterocycles. The molecule has 2 aromatic rings. The normalized spacial score (nSPS) is 20.3. The van der Waals surface area contributed by atoms with Crippen molar-refractivity contribution in [1.29, 1.82) is 0 Å². The Morgan fingerprint density at radius 1 is 1.20 bits per heavy atom. The molecule has 2 aromatic heterocycles. The van der Waals surface area contributed by atoms with Crippen molar-refractivity contribution in [3.63, 3.8) is 0 Å². The number of nitrogens with zero attached hydrogens (tertiary/aromatic N) is 3. The van der Waals surface area contributed by atoms with Gasteiger partial charge in [-0.3, -0.25) is 9.88 Å². The molecule has 25 heavy (non-hydrogen) atoms. The summed E-state index contributed by atoms with van der Waals surface area (Å²) < 4.78 is 11.1. The Bertz CT molecular complexity index is 663. The first kappa shape index (κ1) is 16.7. The van der Waals surface area contributed by atoms with E-state index in [9.17, 15) is 0 Å². The summed E-state index contributed by atoms with van der Waals surface area (Å²) in [6, 6.07) is 6.16. The van der Waals surface area contributed by atoms with E-state index in [0.29, 0.717) is 13.2 Å². The third-order valence-electron chi connectivity index (χ3n) is 5.10. The molecule has 0 radical (unpaired) electrons. The van der Waals surface area contributed by atoms with Crippen LogP contribution >= 0.6 is 0 Å². The van der Waals surface area contributed by atoms with Crippen LogP contribution in [0.4, 0.5) is 0 Å². The van der Waals surface area contributed by atoms with Crippen molar-refractivity contribution in [3.05, 3.63) is 47.6 Å². The van der Waals surface area contributed by atoms with Gasteiger partial charge < -0.3 is 14.6 Å². The number of aromatic nitrogens is 2. The summed E-state index contributed by atoms with van der Waals surface area (Å²) in [6.45, 7) is 5.42. The highest BCUT2D eigenvalue weighted by Crippen LogP contribution is 2.24. The Hall–Kier alpha value is -1.76. The zero-order valence-corrected chi connectivity index (χ0v) is 14.6. The monoisotopic (exact) mass is 342 g/mol. The van der Waals surface area contributed by atoms with Gasteiger partial charge in [-0.15, -0.1) is 0 Å². The van der Waals surface area contributed by atoms with E-state index in [0.717, 1.165) is 31.0 Å². The summed E-state index contributed by atoms with van der Waals surface area (Å²) in [5, 5.41) is 7.92. The number of rotatable bonds is 7. The SMILES string of the molecule is c1cncc(CNC2(Cc3cc(CN4CCCCC4)on3)COC2)c1. The fraction of sp³-hybridized carbons (Fsp3) is 0.579. The molecule has 134 valence electrons. The molecule has 2 fully saturated rings. The second-order valence-electron chi connectivity index (χ2n) is 7.29. The highest BCUT2D eigenvalue weighted by atomic mass is 16.5. The highest BCUT2D eigenvalue weighted by molar-refractivity contribution is 5.14. The molecule has 0 spiro atoms. The van der Waals surface area contributed by atoms with E-state index in [1.54, 1.807) is 6.20 Å². The molecule has 0 unspecified atom stereocenters. The summed E-state index contributed by atoms with van der Waals surface area (Å²) in [7, 11) is 0. The van der Waals surface area contributed by atoms with Gasteiger partial charge in [0, 0.05) is 31.4 Å². The Balaban J connectivity index is 1.33. The largest absolute Gasteiger partial charge is 0.377 e. The Kier molecular flexibility index (Phi) is 5.10. The lowest BCUT2D eigenvalue weighted by Gasteiger charge is -2.42. The number of nitrogens with one attached hydrogen (secondary N) is 1. The second kappa shape index (κ2) is 7.64. The fourth-order valence-electron chi connectivity index (χ4n) is 3.61. The topological polar surface area (TPSA) is 63.4 Å². The molecule has 6 nitrogen and oxygen atoms in total. The van der Waals surface area contributed by atoms with Gasteiger partial charge in [0.15, 0.2) is 5.76 Å². The molecule has 0 saturated carbocycles. The molecule has 0 atom stereocenters. The van der Waals surface area contributed by atoms with E-state index in [4.69, 9.17) is 9.26 Å². The van der Waals surface area contributed by atoms with Gasteiger partial charge in [0.25, 0.3) is 0 Å². The summed E-state index contributed by atoms with van der Waals surface area (Å²) in [6.07, 6.45) is 8.46. The van der Waals surface area contributed by atoms with Crippen molar-refractivity contribution in [3.8, 4) is 0 Å². The van der Waals surface area contributed by atoms with Crippen LogP contribution in [0.1, 0.15) is 36.3 Å². The van der Waals surface area contributed by atoms with Crippen LogP contribution in [0.3, 0.4) is 0 Å². The van der Waals surface area contributed by atoms with Gasteiger partial charge in [0.05, 0.1) is 31.0 Å². The van der Waals surface area contributed by atoms with E-state index in [1.165, 1.54) is 37.9 Å². The van der Waals surface area contributed by atoms with Crippen LogP contribution in [0.2, 0.25) is 0 Å². The molecular weight excluding hydrogens is 316 g/mol. The molecule has 1 N–H and O–H groups in total. The molecule has 2 aliphatic heterocycles. The van der Waals surface area contributed by atoms with Gasteiger partial charge in [-0.2, -0.15) is 0 Å². The minimum absolute atomic E-state index is 0.0465. The molecule has 0 bridgehead atoms. The van der Waals surface area contributed by atoms with Crippen LogP contribution < -0.4 is 5.32 Å². The molecular formula is C19H26N4O2. The lowest BCUT2D eigenvalue weighted by molar-refractivity contribution is -0.0755. The van der Waals surface area contributed by atoms with Crippen LogP contribution in [-0.4, -0.2) is 46.9 Å². The maximum absolute atomic E-state index is 5.57. The molecule has 4 heterocycles. The standard InChI is InChI=1S/C19H26N4O2/c1-2-7-23(8-3-1)13-18-9-17(22-25-18)10-19(14-24-15-19)21-12-16-5-4-6-20-11-16/h4-6,9,11,21H,1-3,7-8,10,12-15H2. The van der Waals surface area contributed by atoms with Crippen molar-refractivity contribution < 1.29 is 9.26 Å². The van der Waals surface area contributed by atoms with E-state index < -0.39 is 0 Å². The zero-order chi connectivity index (χ0) is 17.0. The third kappa shape index (κ3) is 4.26. The van der Waals surface area contributed by atoms with Crippen molar-refractivity contribution >= 4 is 0 Å². The van der Waals surface area contributed by atoms with E-state index in [1.807, 2.05) is 12.3 Å². The number of likely N-dealkylation sites (tertiary alicyclic amines) is 1. The van der Waals surface area contributed by atoms with Gasteiger partial charge in [0.1, 0.15) is 0 Å². The summed E-state index contributed by atoms with van der Waals surface area (Å²) in [5.41, 5.74) is 2.14. The predicted octanol–water partition coefficient (Wildman–Crippen LogP) is 2.16. The Labute approximate surface area is 148 Å². The average Bonchev–Trinajstić information content (AvgIpc) is 3.06. The molecule has 2 aliphatic rings. The van der Waals surface area contributed by atoms with Crippen LogP contribution in [-0.2, 0) is 24.2 Å². The smallest absolute Gasteiger partial charge is 0.150 e. The first-order chi connectivity index (χ1) is 12.3. The van der Waals surface area contributed by atoms with Crippen molar-refractivity contribution in [2.75, 3.05) is 26.3 Å². The maximum atomic E-state index is 5.57. The predicted molar refractivity (Wildman–Crippen MR) is 94.0 cm³/mol. The van der Waals surface area contributed by atoms with Crippen LogP contribution in [0, 0.1) is 0 Å². The number of ether oxygens (including phenoxy) is 1. The first-order valence-electron chi connectivity index (χ1n) is 9.20. The molecule has 0 amide bonds. The average molecular weight is 342 g/mol. The molecule has 6 heteroatoms. The molecule has 0 aliphatic carbocycles. The zero-order valence-electron chi connectivity index (χ0n) is 14.6. The lowest BCUT2D eigenvalue weighted by atomic mass is 9.91. The summed E-state index contributed by atoms with van der Waals surface area (Å²) in [5.74, 6) is 0.972. The van der Waals surface area contributed by atoms with Gasteiger partial charge >= 0.3 is 0 Å². The number of piperidine rings is 1. The van der Waals surface area contributed by atoms with Crippen molar-refractivity contribution in [2.24, 2.45) is 0 Å². The quantitative estimate of drug-likeness (QED) is 0.832. The van der Waals surface area contributed by atoms with Crippen molar-refractivity contribution in [1.82, 2.24) is 20.4 Å². The van der Waals surface area contributed by atoms with E-state index >= 15 is 0 Å². The Morgan fingerprint density at radius 2 is 2.08 bits per heavy atom. The van der Waals surface area contributed by atoms with E-state index in [2.05, 4.69) is 32.5 Å². The van der Waals surface area contributed by atoms with Gasteiger partial charge in [-0.1, -0.05) is 17.6 Å². The number of hydrogen-bond acceptors (Lipinski definition) is 6. The Morgan fingerprint density at radius 3 is 2.80 bits per heavy atom. The van der Waals surface area contributed by atoms with Gasteiger partial charge in [-0.25, -0.2) is 0 Å². The van der Waals surface area contributed by atoms with Gasteiger partial charge in [0.2, 0.25) is 0 Å².